The predicted molar refractivity (Wildman–Crippen MR) is 131 cm³/mol. The molecule has 2 heterocycles. The standard InChI is InChI=1S/C27H34N4O3/c1-18-7-10-22(11-8-18)26-29-25(34-30-26)16-31-13-5-6-23(15-31)27(32)28-21(4)17-33-24-12-9-19(2)20(3)14-24/h7-12,14,21,23H,5-6,13,15-17H2,1-4H3,(H,28,32). The average molecular weight is 463 g/mol. The summed E-state index contributed by atoms with van der Waals surface area (Å²) in [7, 11) is 0. The van der Waals surface area contributed by atoms with Gasteiger partial charge in [-0.05, 0) is 70.3 Å². The molecule has 3 aromatic rings. The van der Waals surface area contributed by atoms with E-state index in [-0.39, 0.29) is 17.9 Å². The number of amides is 1. The lowest BCUT2D eigenvalue weighted by Gasteiger charge is -2.31. The molecule has 1 aliphatic rings. The third-order valence-electron chi connectivity index (χ3n) is 6.38. The minimum Gasteiger partial charge on any atom is -0.491 e. The molecule has 0 aliphatic carbocycles. The van der Waals surface area contributed by atoms with E-state index in [0.717, 1.165) is 30.7 Å². The number of benzene rings is 2. The predicted octanol–water partition coefficient (Wildman–Crippen LogP) is 4.46. The Morgan fingerprint density at radius 3 is 2.74 bits per heavy atom. The lowest BCUT2D eigenvalue weighted by Crippen LogP contribution is -2.46. The Morgan fingerprint density at radius 1 is 1.18 bits per heavy atom. The van der Waals surface area contributed by atoms with Crippen molar-refractivity contribution < 1.29 is 14.1 Å². The van der Waals surface area contributed by atoms with Gasteiger partial charge in [-0.25, -0.2) is 0 Å². The highest BCUT2D eigenvalue weighted by Crippen LogP contribution is 2.21. The van der Waals surface area contributed by atoms with Crippen molar-refractivity contribution in [2.75, 3.05) is 19.7 Å². The summed E-state index contributed by atoms with van der Waals surface area (Å²) in [6.45, 7) is 10.8. The molecule has 0 bridgehead atoms. The minimum absolute atomic E-state index is 0.0580. The van der Waals surface area contributed by atoms with Crippen LogP contribution < -0.4 is 10.1 Å². The molecule has 1 amide bonds. The minimum atomic E-state index is -0.0718. The van der Waals surface area contributed by atoms with Gasteiger partial charge in [-0.1, -0.05) is 41.1 Å². The summed E-state index contributed by atoms with van der Waals surface area (Å²) in [6.07, 6.45) is 1.84. The van der Waals surface area contributed by atoms with E-state index in [2.05, 4.69) is 40.3 Å². The maximum atomic E-state index is 12.9. The van der Waals surface area contributed by atoms with Crippen LogP contribution in [0, 0.1) is 26.7 Å². The lowest BCUT2D eigenvalue weighted by molar-refractivity contribution is -0.127. The van der Waals surface area contributed by atoms with Gasteiger partial charge in [0.25, 0.3) is 0 Å². The zero-order chi connectivity index (χ0) is 24.1. The molecule has 0 radical (unpaired) electrons. The Morgan fingerprint density at radius 2 is 1.97 bits per heavy atom. The summed E-state index contributed by atoms with van der Waals surface area (Å²) in [4.78, 5) is 19.7. The molecule has 1 aromatic heterocycles. The van der Waals surface area contributed by atoms with E-state index in [4.69, 9.17) is 9.26 Å². The summed E-state index contributed by atoms with van der Waals surface area (Å²) in [6, 6.07) is 14.0. The molecule has 0 saturated carbocycles. The maximum Gasteiger partial charge on any atom is 0.241 e. The highest BCUT2D eigenvalue weighted by Gasteiger charge is 2.27. The normalized spacial score (nSPS) is 17.4. The van der Waals surface area contributed by atoms with Gasteiger partial charge in [0.15, 0.2) is 0 Å². The summed E-state index contributed by atoms with van der Waals surface area (Å²) in [5.74, 6) is 2.02. The van der Waals surface area contributed by atoms with E-state index in [0.29, 0.717) is 31.4 Å². The molecular formula is C27H34N4O3. The lowest BCUT2D eigenvalue weighted by atomic mass is 9.97. The van der Waals surface area contributed by atoms with Crippen molar-refractivity contribution in [2.24, 2.45) is 5.92 Å². The molecule has 1 N–H and O–H groups in total. The number of carbonyl (C=O) groups excluding carboxylic acids is 1. The van der Waals surface area contributed by atoms with E-state index in [1.807, 2.05) is 50.2 Å². The van der Waals surface area contributed by atoms with Crippen LogP contribution in [-0.4, -0.2) is 46.7 Å². The van der Waals surface area contributed by atoms with Gasteiger partial charge in [0.1, 0.15) is 12.4 Å². The van der Waals surface area contributed by atoms with Gasteiger partial charge in [0.05, 0.1) is 18.5 Å². The molecule has 7 heteroatoms. The van der Waals surface area contributed by atoms with Gasteiger partial charge in [-0.15, -0.1) is 0 Å². The fourth-order valence-corrected chi connectivity index (χ4v) is 4.17. The fraction of sp³-hybridized carbons (Fsp3) is 0.444. The average Bonchev–Trinajstić information content (AvgIpc) is 3.29. The van der Waals surface area contributed by atoms with Crippen LogP contribution in [0.5, 0.6) is 5.75 Å². The van der Waals surface area contributed by atoms with Crippen molar-refractivity contribution in [3.63, 3.8) is 0 Å². The van der Waals surface area contributed by atoms with Gasteiger partial charge in [-0.2, -0.15) is 4.98 Å². The van der Waals surface area contributed by atoms with Crippen LogP contribution in [0.4, 0.5) is 0 Å². The molecule has 2 aromatic carbocycles. The molecule has 0 spiro atoms. The first kappa shape index (κ1) is 24.0. The van der Waals surface area contributed by atoms with Crippen LogP contribution in [-0.2, 0) is 11.3 Å². The van der Waals surface area contributed by atoms with Crippen molar-refractivity contribution >= 4 is 5.91 Å². The number of hydrogen-bond acceptors (Lipinski definition) is 6. The Balaban J connectivity index is 1.26. The molecule has 2 unspecified atom stereocenters. The third kappa shape index (κ3) is 6.23. The molecule has 1 aliphatic heterocycles. The Labute approximate surface area is 201 Å². The fourth-order valence-electron chi connectivity index (χ4n) is 4.17. The number of hydrogen-bond donors (Lipinski definition) is 1. The highest BCUT2D eigenvalue weighted by molar-refractivity contribution is 5.79. The van der Waals surface area contributed by atoms with Gasteiger partial charge in [-0.3, -0.25) is 9.69 Å². The number of nitrogens with one attached hydrogen (secondary N) is 1. The van der Waals surface area contributed by atoms with Crippen LogP contribution in [0.25, 0.3) is 11.4 Å². The molecule has 2 atom stereocenters. The largest absolute Gasteiger partial charge is 0.491 e. The van der Waals surface area contributed by atoms with E-state index in [1.165, 1.54) is 16.7 Å². The zero-order valence-electron chi connectivity index (χ0n) is 20.5. The molecule has 1 fully saturated rings. The van der Waals surface area contributed by atoms with Crippen LogP contribution in [0.15, 0.2) is 47.0 Å². The van der Waals surface area contributed by atoms with Crippen LogP contribution in [0.1, 0.15) is 42.3 Å². The zero-order valence-corrected chi connectivity index (χ0v) is 20.5. The van der Waals surface area contributed by atoms with Crippen molar-refractivity contribution in [3.8, 4) is 17.1 Å². The van der Waals surface area contributed by atoms with E-state index >= 15 is 0 Å². The Hall–Kier alpha value is -3.19. The summed E-state index contributed by atoms with van der Waals surface area (Å²) in [5.41, 5.74) is 4.57. The first-order valence-corrected chi connectivity index (χ1v) is 12.0. The smallest absolute Gasteiger partial charge is 0.241 e. The number of aryl methyl sites for hydroxylation is 3. The second kappa shape index (κ2) is 10.8. The third-order valence-corrected chi connectivity index (χ3v) is 6.38. The Bertz CT molecular complexity index is 1110. The molecule has 7 nitrogen and oxygen atoms in total. The van der Waals surface area contributed by atoms with Crippen LogP contribution >= 0.6 is 0 Å². The summed E-state index contributed by atoms with van der Waals surface area (Å²) >= 11 is 0. The second-order valence-corrected chi connectivity index (χ2v) is 9.42. The topological polar surface area (TPSA) is 80.5 Å². The van der Waals surface area contributed by atoms with Crippen LogP contribution in [0.3, 0.4) is 0 Å². The molecule has 34 heavy (non-hydrogen) atoms. The van der Waals surface area contributed by atoms with Crippen molar-refractivity contribution in [1.82, 2.24) is 20.4 Å². The van der Waals surface area contributed by atoms with Crippen LogP contribution in [0.2, 0.25) is 0 Å². The summed E-state index contributed by atoms with van der Waals surface area (Å²) < 4.78 is 11.4. The second-order valence-electron chi connectivity index (χ2n) is 9.42. The van der Waals surface area contributed by atoms with Gasteiger partial charge >= 0.3 is 0 Å². The van der Waals surface area contributed by atoms with Crippen molar-refractivity contribution in [2.45, 2.75) is 53.1 Å². The first-order valence-electron chi connectivity index (χ1n) is 12.0. The number of piperidine rings is 1. The number of aromatic nitrogens is 2. The van der Waals surface area contributed by atoms with E-state index in [9.17, 15) is 4.79 Å². The number of rotatable bonds is 8. The number of carbonyl (C=O) groups is 1. The van der Waals surface area contributed by atoms with Gasteiger partial charge in [0.2, 0.25) is 17.6 Å². The molecule has 180 valence electrons. The van der Waals surface area contributed by atoms with E-state index < -0.39 is 0 Å². The monoisotopic (exact) mass is 462 g/mol. The quantitative estimate of drug-likeness (QED) is 0.532. The number of likely N-dealkylation sites (tertiary alicyclic amines) is 1. The Kier molecular flexibility index (Phi) is 7.63. The van der Waals surface area contributed by atoms with Crippen molar-refractivity contribution in [1.29, 1.82) is 0 Å². The molecule has 4 rings (SSSR count). The molecular weight excluding hydrogens is 428 g/mol. The molecule has 1 saturated heterocycles. The first-order chi connectivity index (χ1) is 16.4. The van der Waals surface area contributed by atoms with Gasteiger partial charge < -0.3 is 14.6 Å². The SMILES string of the molecule is Cc1ccc(-c2noc(CN3CCCC(C(=O)NC(C)COc4ccc(C)c(C)c4)C3)n2)cc1. The van der Waals surface area contributed by atoms with Gasteiger partial charge in [0, 0.05) is 12.1 Å². The van der Waals surface area contributed by atoms with Crippen molar-refractivity contribution in [3.05, 3.63) is 65.0 Å². The number of ether oxygens (including phenoxy) is 1. The number of nitrogens with zero attached hydrogens (tertiary/aromatic N) is 3. The van der Waals surface area contributed by atoms with E-state index in [1.54, 1.807) is 0 Å². The maximum absolute atomic E-state index is 12.9. The highest BCUT2D eigenvalue weighted by atomic mass is 16.5. The summed E-state index contributed by atoms with van der Waals surface area (Å²) in [5, 5.41) is 7.24.